The van der Waals surface area contributed by atoms with E-state index in [0.717, 1.165) is 8.68 Å². The Morgan fingerprint density at radius 1 is 1.29 bits per heavy atom. The minimum absolute atomic E-state index is 0.156. The zero-order valence-corrected chi connectivity index (χ0v) is 14.3. The Labute approximate surface area is 134 Å². The zero-order valence-electron chi connectivity index (χ0n) is 11.8. The molecule has 0 aliphatic carbocycles. The van der Waals surface area contributed by atoms with Crippen LogP contribution in [0.4, 0.5) is 0 Å². The van der Waals surface area contributed by atoms with E-state index in [0.29, 0.717) is 17.5 Å². The highest BCUT2D eigenvalue weighted by Crippen LogP contribution is 2.30. The molecule has 2 aromatic heterocycles. The van der Waals surface area contributed by atoms with E-state index in [2.05, 4.69) is 20.3 Å². The molecule has 0 unspecified atom stereocenters. The van der Waals surface area contributed by atoms with Crippen LogP contribution in [0, 0.1) is 0 Å². The van der Waals surface area contributed by atoms with Crippen LogP contribution in [0.15, 0.2) is 13.2 Å². The second-order valence-electron chi connectivity index (χ2n) is 5.14. The number of nitrogens with two attached hydrogens (primary N) is 1. The van der Waals surface area contributed by atoms with E-state index in [9.17, 15) is 4.79 Å². The summed E-state index contributed by atoms with van der Waals surface area (Å²) < 4.78 is 6.74. The Morgan fingerprint density at radius 3 is 2.52 bits per heavy atom. The van der Waals surface area contributed by atoms with Crippen molar-refractivity contribution in [1.82, 2.24) is 20.3 Å². The Kier molecular flexibility index (Phi) is 5.22. The summed E-state index contributed by atoms with van der Waals surface area (Å²) in [5.74, 6) is 1.65. The molecule has 0 radical (unpaired) electrons. The number of hydrogen-bond acceptors (Lipinski definition) is 9. The summed E-state index contributed by atoms with van der Waals surface area (Å²) in [6.45, 7) is 6.05. The molecule has 0 saturated carbocycles. The molecule has 2 N–H and O–H groups in total. The predicted molar refractivity (Wildman–Crippen MR) is 82.4 cm³/mol. The van der Waals surface area contributed by atoms with Crippen LogP contribution < -0.4 is 5.73 Å². The Balaban J connectivity index is 1.88. The summed E-state index contributed by atoms with van der Waals surface area (Å²) >= 11 is 4.18. The van der Waals surface area contributed by atoms with Gasteiger partial charge in [-0.3, -0.25) is 4.79 Å². The summed E-state index contributed by atoms with van der Waals surface area (Å²) in [6, 6.07) is 0. The highest BCUT2D eigenvalue weighted by molar-refractivity contribution is 8.03. The number of thioether (sulfide) groups is 2. The Hall–Kier alpha value is -1.13. The smallest absolute Gasteiger partial charge is 0.232 e. The van der Waals surface area contributed by atoms with Crippen LogP contribution in [0.1, 0.15) is 32.5 Å². The zero-order chi connectivity index (χ0) is 15.5. The Morgan fingerprint density at radius 2 is 1.95 bits per heavy atom. The molecule has 10 heteroatoms. The third kappa shape index (κ3) is 4.97. The maximum atomic E-state index is 10.7. The van der Waals surface area contributed by atoms with E-state index in [1.54, 1.807) is 0 Å². The van der Waals surface area contributed by atoms with Crippen LogP contribution >= 0.6 is 34.9 Å². The maximum Gasteiger partial charge on any atom is 0.232 e. The van der Waals surface area contributed by atoms with Gasteiger partial charge in [0.25, 0.3) is 0 Å². The number of aromatic nitrogens is 4. The normalized spacial score (nSPS) is 11.8. The molecule has 0 aliphatic heterocycles. The minimum atomic E-state index is -0.370. The van der Waals surface area contributed by atoms with Gasteiger partial charge in [-0.1, -0.05) is 60.8 Å². The van der Waals surface area contributed by atoms with Crippen molar-refractivity contribution in [1.29, 1.82) is 0 Å². The van der Waals surface area contributed by atoms with Gasteiger partial charge in [-0.2, -0.15) is 4.98 Å². The van der Waals surface area contributed by atoms with Crippen molar-refractivity contribution >= 4 is 40.8 Å². The van der Waals surface area contributed by atoms with Gasteiger partial charge in [0.1, 0.15) is 0 Å². The van der Waals surface area contributed by atoms with E-state index in [1.165, 1.54) is 34.9 Å². The van der Waals surface area contributed by atoms with Crippen molar-refractivity contribution in [3.8, 4) is 0 Å². The molecule has 7 nitrogen and oxygen atoms in total. The number of rotatable bonds is 6. The van der Waals surface area contributed by atoms with Crippen LogP contribution in [0.25, 0.3) is 0 Å². The summed E-state index contributed by atoms with van der Waals surface area (Å²) in [5, 5.41) is 12.0. The average Bonchev–Trinajstić information content (AvgIpc) is 3.02. The third-order valence-electron chi connectivity index (χ3n) is 2.16. The molecule has 0 spiro atoms. The monoisotopic (exact) mass is 345 g/mol. The molecule has 21 heavy (non-hydrogen) atoms. The summed E-state index contributed by atoms with van der Waals surface area (Å²) in [5.41, 5.74) is 4.93. The first-order chi connectivity index (χ1) is 9.84. The molecule has 0 saturated heterocycles. The van der Waals surface area contributed by atoms with Crippen molar-refractivity contribution in [3.63, 3.8) is 0 Å². The SMILES string of the molecule is CC(C)(C)c1nc(CSc2nnc(SCC(N)=O)s2)no1. The number of hydrogen-bond donors (Lipinski definition) is 1. The third-order valence-corrected chi connectivity index (χ3v) is 5.37. The largest absolute Gasteiger partial charge is 0.369 e. The lowest BCUT2D eigenvalue weighted by molar-refractivity contribution is -0.115. The van der Waals surface area contributed by atoms with E-state index < -0.39 is 0 Å². The molecule has 2 heterocycles. The van der Waals surface area contributed by atoms with E-state index in [4.69, 9.17) is 10.3 Å². The minimum Gasteiger partial charge on any atom is -0.369 e. The van der Waals surface area contributed by atoms with Gasteiger partial charge in [0, 0.05) is 5.41 Å². The van der Waals surface area contributed by atoms with Gasteiger partial charge < -0.3 is 10.3 Å². The van der Waals surface area contributed by atoms with Crippen molar-refractivity contribution in [2.75, 3.05) is 5.75 Å². The van der Waals surface area contributed by atoms with Gasteiger partial charge in [-0.15, -0.1) is 10.2 Å². The van der Waals surface area contributed by atoms with Crippen LogP contribution in [-0.2, 0) is 16.0 Å². The number of carbonyl (C=O) groups is 1. The molecular weight excluding hydrogens is 330 g/mol. The fourth-order valence-electron chi connectivity index (χ4n) is 1.19. The van der Waals surface area contributed by atoms with Gasteiger partial charge in [-0.25, -0.2) is 0 Å². The van der Waals surface area contributed by atoms with Gasteiger partial charge in [-0.05, 0) is 0 Å². The van der Waals surface area contributed by atoms with Crippen molar-refractivity contribution in [2.24, 2.45) is 5.73 Å². The summed E-state index contributed by atoms with van der Waals surface area (Å²) in [4.78, 5) is 15.1. The molecular formula is C11H15N5O2S3. The number of nitrogens with zero attached hydrogens (tertiary/aromatic N) is 4. The first kappa shape index (κ1) is 16.2. The van der Waals surface area contributed by atoms with Gasteiger partial charge in [0.05, 0.1) is 11.5 Å². The van der Waals surface area contributed by atoms with E-state index >= 15 is 0 Å². The summed E-state index contributed by atoms with van der Waals surface area (Å²) in [6.07, 6.45) is 0. The van der Waals surface area contributed by atoms with Gasteiger partial charge in [0.2, 0.25) is 11.8 Å². The second-order valence-corrected chi connectivity index (χ2v) is 8.57. The highest BCUT2D eigenvalue weighted by Gasteiger charge is 2.21. The molecule has 0 aliphatic rings. The van der Waals surface area contributed by atoms with Crippen LogP contribution in [0.5, 0.6) is 0 Å². The lowest BCUT2D eigenvalue weighted by Gasteiger charge is -2.10. The molecule has 0 aromatic carbocycles. The topological polar surface area (TPSA) is 108 Å². The second kappa shape index (κ2) is 6.75. The van der Waals surface area contributed by atoms with Crippen LogP contribution in [0.3, 0.4) is 0 Å². The fourth-order valence-corrected chi connectivity index (χ4v) is 3.79. The molecule has 0 fully saturated rings. The first-order valence-corrected chi connectivity index (χ1v) is 8.84. The maximum absolute atomic E-state index is 10.7. The lowest BCUT2D eigenvalue weighted by Crippen LogP contribution is -2.12. The molecule has 114 valence electrons. The molecule has 2 aromatic rings. The standard InChI is InChI=1S/C11H15N5O2S3/c1-11(2,3)8-13-7(16-18-8)5-20-10-15-14-9(21-10)19-4-6(12)17/h4-5H2,1-3H3,(H2,12,17). The van der Waals surface area contributed by atoms with Crippen molar-refractivity contribution < 1.29 is 9.32 Å². The molecule has 0 bridgehead atoms. The first-order valence-electron chi connectivity index (χ1n) is 6.05. The fraction of sp³-hybridized carbons (Fsp3) is 0.545. The van der Waals surface area contributed by atoms with Crippen molar-refractivity contribution in [2.45, 2.75) is 40.6 Å². The molecule has 1 amide bonds. The van der Waals surface area contributed by atoms with Crippen LogP contribution in [0.2, 0.25) is 0 Å². The lowest BCUT2D eigenvalue weighted by atomic mass is 9.97. The number of carbonyl (C=O) groups excluding carboxylic acids is 1. The number of amides is 1. The van der Waals surface area contributed by atoms with Gasteiger partial charge >= 0.3 is 0 Å². The summed E-state index contributed by atoms with van der Waals surface area (Å²) in [7, 11) is 0. The van der Waals surface area contributed by atoms with E-state index in [-0.39, 0.29) is 17.1 Å². The molecule has 0 atom stereocenters. The van der Waals surface area contributed by atoms with Crippen molar-refractivity contribution in [3.05, 3.63) is 11.7 Å². The molecule has 2 rings (SSSR count). The quantitative estimate of drug-likeness (QED) is 0.793. The van der Waals surface area contributed by atoms with E-state index in [1.807, 2.05) is 20.8 Å². The average molecular weight is 345 g/mol. The predicted octanol–water partition coefficient (Wildman–Crippen LogP) is 2.09. The van der Waals surface area contributed by atoms with Crippen LogP contribution in [-0.4, -0.2) is 32.0 Å². The number of primary amides is 1. The highest BCUT2D eigenvalue weighted by atomic mass is 32.2. The Bertz CT molecular complexity index is 619. The van der Waals surface area contributed by atoms with Gasteiger partial charge in [0.15, 0.2) is 14.5 Å².